The maximum atomic E-state index is 12.1. The zero-order valence-corrected chi connectivity index (χ0v) is 14.8. The predicted molar refractivity (Wildman–Crippen MR) is 91.8 cm³/mol. The second-order valence-corrected chi connectivity index (χ2v) is 6.73. The van der Waals surface area contributed by atoms with E-state index in [0.717, 1.165) is 24.8 Å². The SMILES string of the molecule is COC(=O)[C@H]1CN(C=O)C[C@@H]1c1ccc(OC)c(OC2CCCC2)c1. The summed E-state index contributed by atoms with van der Waals surface area (Å²) in [5, 5.41) is 0. The van der Waals surface area contributed by atoms with Crippen LogP contribution >= 0.6 is 0 Å². The van der Waals surface area contributed by atoms with Crippen LogP contribution in [0.15, 0.2) is 18.2 Å². The van der Waals surface area contributed by atoms with Crippen molar-refractivity contribution in [3.8, 4) is 11.5 Å². The van der Waals surface area contributed by atoms with Crippen LogP contribution in [-0.4, -0.2) is 50.7 Å². The molecule has 2 fully saturated rings. The Morgan fingerprint density at radius 2 is 1.92 bits per heavy atom. The van der Waals surface area contributed by atoms with Crippen LogP contribution in [0, 0.1) is 5.92 Å². The van der Waals surface area contributed by atoms with E-state index < -0.39 is 0 Å². The Morgan fingerprint density at radius 1 is 1.16 bits per heavy atom. The first kappa shape index (κ1) is 17.6. The van der Waals surface area contributed by atoms with Crippen molar-refractivity contribution in [1.29, 1.82) is 0 Å². The van der Waals surface area contributed by atoms with E-state index in [-0.39, 0.29) is 23.9 Å². The number of esters is 1. The Bertz CT molecular complexity index is 626. The summed E-state index contributed by atoms with van der Waals surface area (Å²) in [6.45, 7) is 0.879. The van der Waals surface area contributed by atoms with E-state index in [2.05, 4.69) is 0 Å². The van der Waals surface area contributed by atoms with E-state index in [1.165, 1.54) is 20.0 Å². The van der Waals surface area contributed by atoms with Crippen molar-refractivity contribution in [3.05, 3.63) is 23.8 Å². The summed E-state index contributed by atoms with van der Waals surface area (Å²) < 4.78 is 16.5. The van der Waals surface area contributed by atoms with Gasteiger partial charge in [-0.15, -0.1) is 0 Å². The average Bonchev–Trinajstić information content (AvgIpc) is 3.30. The molecule has 0 unspecified atom stereocenters. The van der Waals surface area contributed by atoms with Gasteiger partial charge in [0.25, 0.3) is 0 Å². The third-order valence-corrected chi connectivity index (χ3v) is 5.21. The lowest BCUT2D eigenvalue weighted by Gasteiger charge is -2.20. The van der Waals surface area contributed by atoms with Crippen LogP contribution in [0.25, 0.3) is 0 Å². The van der Waals surface area contributed by atoms with E-state index >= 15 is 0 Å². The number of nitrogens with zero attached hydrogens (tertiary/aromatic N) is 1. The first-order valence-electron chi connectivity index (χ1n) is 8.78. The normalized spacial score (nSPS) is 23.5. The number of benzene rings is 1. The number of amides is 1. The zero-order valence-electron chi connectivity index (χ0n) is 14.8. The second-order valence-electron chi connectivity index (χ2n) is 6.73. The molecule has 2 aliphatic rings. The number of rotatable bonds is 6. The Kier molecular flexibility index (Phi) is 5.46. The molecule has 25 heavy (non-hydrogen) atoms. The fourth-order valence-electron chi connectivity index (χ4n) is 3.85. The summed E-state index contributed by atoms with van der Waals surface area (Å²) in [5.74, 6) is 0.649. The monoisotopic (exact) mass is 347 g/mol. The highest BCUT2D eigenvalue weighted by Gasteiger charge is 2.39. The summed E-state index contributed by atoms with van der Waals surface area (Å²) in [6, 6.07) is 5.76. The van der Waals surface area contributed by atoms with Crippen molar-refractivity contribution in [2.75, 3.05) is 27.3 Å². The highest BCUT2D eigenvalue weighted by molar-refractivity contribution is 5.75. The van der Waals surface area contributed by atoms with Crippen LogP contribution in [0.5, 0.6) is 11.5 Å². The minimum atomic E-state index is -0.358. The van der Waals surface area contributed by atoms with Crippen LogP contribution in [0.1, 0.15) is 37.2 Å². The van der Waals surface area contributed by atoms with Gasteiger partial charge in [-0.25, -0.2) is 0 Å². The molecule has 0 aromatic heterocycles. The van der Waals surface area contributed by atoms with Crippen molar-refractivity contribution in [1.82, 2.24) is 4.90 Å². The molecule has 2 atom stereocenters. The Hall–Kier alpha value is -2.24. The highest BCUT2D eigenvalue weighted by Crippen LogP contribution is 2.38. The molecule has 136 valence electrons. The molecule has 0 bridgehead atoms. The quantitative estimate of drug-likeness (QED) is 0.584. The van der Waals surface area contributed by atoms with E-state index in [0.29, 0.717) is 24.6 Å². The summed E-state index contributed by atoms with van der Waals surface area (Å²) in [7, 11) is 3.00. The summed E-state index contributed by atoms with van der Waals surface area (Å²) >= 11 is 0. The van der Waals surface area contributed by atoms with Crippen molar-refractivity contribution in [3.63, 3.8) is 0 Å². The number of likely N-dealkylation sites (tertiary alicyclic amines) is 1. The molecule has 0 N–H and O–H groups in total. The van der Waals surface area contributed by atoms with E-state index in [1.54, 1.807) is 12.0 Å². The smallest absolute Gasteiger partial charge is 0.311 e. The van der Waals surface area contributed by atoms with Crippen molar-refractivity contribution in [2.24, 2.45) is 5.92 Å². The van der Waals surface area contributed by atoms with Crippen molar-refractivity contribution in [2.45, 2.75) is 37.7 Å². The molecule has 6 heteroatoms. The average molecular weight is 347 g/mol. The molecule has 1 saturated heterocycles. The lowest BCUT2D eigenvalue weighted by Crippen LogP contribution is -2.24. The number of methoxy groups -OCH3 is 2. The minimum Gasteiger partial charge on any atom is -0.493 e. The fourth-order valence-corrected chi connectivity index (χ4v) is 3.85. The number of carbonyl (C=O) groups is 2. The zero-order chi connectivity index (χ0) is 17.8. The van der Waals surface area contributed by atoms with Gasteiger partial charge in [-0.05, 0) is 43.4 Å². The highest BCUT2D eigenvalue weighted by atomic mass is 16.5. The fraction of sp³-hybridized carbons (Fsp3) is 0.579. The van der Waals surface area contributed by atoms with Gasteiger partial charge in [0.2, 0.25) is 6.41 Å². The molecule has 1 aliphatic carbocycles. The largest absolute Gasteiger partial charge is 0.493 e. The van der Waals surface area contributed by atoms with Crippen LogP contribution in [0.3, 0.4) is 0 Å². The van der Waals surface area contributed by atoms with E-state index in [1.807, 2.05) is 18.2 Å². The first-order valence-corrected chi connectivity index (χ1v) is 8.78. The first-order chi connectivity index (χ1) is 12.2. The van der Waals surface area contributed by atoms with Gasteiger partial charge in [0.05, 0.1) is 26.2 Å². The molecule has 0 radical (unpaired) electrons. The number of ether oxygens (including phenoxy) is 3. The summed E-state index contributed by atoms with van der Waals surface area (Å²) in [4.78, 5) is 24.9. The van der Waals surface area contributed by atoms with Gasteiger partial charge in [0.15, 0.2) is 11.5 Å². The third-order valence-electron chi connectivity index (χ3n) is 5.21. The molecule has 0 spiro atoms. The number of hydrogen-bond acceptors (Lipinski definition) is 5. The molecule has 3 rings (SSSR count). The molecule has 1 amide bonds. The number of carbonyl (C=O) groups excluding carboxylic acids is 2. The topological polar surface area (TPSA) is 65.1 Å². The summed E-state index contributed by atoms with van der Waals surface area (Å²) in [5.41, 5.74) is 0.966. The van der Waals surface area contributed by atoms with Crippen LogP contribution in [0.4, 0.5) is 0 Å². The molecule has 6 nitrogen and oxygen atoms in total. The molecule has 1 aromatic carbocycles. The van der Waals surface area contributed by atoms with E-state index in [4.69, 9.17) is 14.2 Å². The van der Waals surface area contributed by atoms with Crippen LogP contribution in [0.2, 0.25) is 0 Å². The minimum absolute atomic E-state index is 0.102. The Morgan fingerprint density at radius 3 is 2.56 bits per heavy atom. The summed E-state index contributed by atoms with van der Waals surface area (Å²) in [6.07, 6.45) is 5.49. The lowest BCUT2D eigenvalue weighted by molar-refractivity contribution is -0.145. The van der Waals surface area contributed by atoms with Crippen molar-refractivity contribution >= 4 is 12.4 Å². The Labute approximate surface area is 148 Å². The van der Waals surface area contributed by atoms with Gasteiger partial charge in [0, 0.05) is 19.0 Å². The number of hydrogen-bond donors (Lipinski definition) is 0. The molecule has 1 aromatic rings. The van der Waals surface area contributed by atoms with Gasteiger partial charge in [-0.2, -0.15) is 0 Å². The van der Waals surface area contributed by atoms with Gasteiger partial charge in [-0.1, -0.05) is 6.07 Å². The van der Waals surface area contributed by atoms with E-state index in [9.17, 15) is 9.59 Å². The molecular weight excluding hydrogens is 322 g/mol. The molecular formula is C19H25NO5. The van der Waals surface area contributed by atoms with Crippen LogP contribution in [-0.2, 0) is 14.3 Å². The third kappa shape index (κ3) is 3.72. The maximum Gasteiger partial charge on any atom is 0.311 e. The predicted octanol–water partition coefficient (Wildman–Crippen LogP) is 2.36. The van der Waals surface area contributed by atoms with Crippen molar-refractivity contribution < 1.29 is 23.8 Å². The van der Waals surface area contributed by atoms with Gasteiger partial charge < -0.3 is 19.1 Å². The van der Waals surface area contributed by atoms with Gasteiger partial charge in [-0.3, -0.25) is 9.59 Å². The Balaban J connectivity index is 1.87. The van der Waals surface area contributed by atoms with Crippen LogP contribution < -0.4 is 9.47 Å². The maximum absolute atomic E-state index is 12.1. The molecule has 1 aliphatic heterocycles. The lowest BCUT2D eigenvalue weighted by atomic mass is 9.89. The molecule has 1 saturated carbocycles. The van der Waals surface area contributed by atoms with Gasteiger partial charge in [0.1, 0.15) is 0 Å². The molecule has 1 heterocycles. The second kappa shape index (κ2) is 7.76. The van der Waals surface area contributed by atoms with Gasteiger partial charge >= 0.3 is 5.97 Å². The standard InChI is InChI=1S/C19H25NO5/c1-23-17-8-7-13(9-18(17)25-14-5-3-4-6-14)15-10-20(12-21)11-16(15)19(22)24-2/h7-9,12,14-16H,3-6,10-11H2,1-2H3/t15-,16+/m1/s1.